The maximum absolute atomic E-state index is 12.3. The number of carboxylic acids is 1. The predicted molar refractivity (Wildman–Crippen MR) is 81.5 cm³/mol. The zero-order valence-corrected chi connectivity index (χ0v) is 13.4. The maximum atomic E-state index is 12.3. The molecule has 2 amide bonds. The Balaban J connectivity index is 1.91. The summed E-state index contributed by atoms with van der Waals surface area (Å²) in [6.07, 6.45) is 4.54. The molecule has 2 heterocycles. The summed E-state index contributed by atoms with van der Waals surface area (Å²) in [4.78, 5) is 38.6. The Morgan fingerprint density at radius 2 is 2.17 bits per heavy atom. The highest BCUT2D eigenvalue weighted by Crippen LogP contribution is 2.17. The second-order valence-corrected chi connectivity index (χ2v) is 5.87. The Bertz CT molecular complexity index is 572. The monoisotopic (exact) mass is 322 g/mol. The van der Waals surface area contributed by atoms with Crippen LogP contribution < -0.4 is 0 Å². The van der Waals surface area contributed by atoms with Crippen LogP contribution in [0.5, 0.6) is 0 Å². The first kappa shape index (κ1) is 17.0. The summed E-state index contributed by atoms with van der Waals surface area (Å²) in [5.74, 6) is -1.83. The van der Waals surface area contributed by atoms with Crippen molar-refractivity contribution in [2.45, 2.75) is 25.8 Å². The van der Waals surface area contributed by atoms with Gasteiger partial charge in [-0.2, -0.15) is 5.10 Å². The number of piperidine rings is 1. The van der Waals surface area contributed by atoms with Gasteiger partial charge in [-0.15, -0.1) is 0 Å². The summed E-state index contributed by atoms with van der Waals surface area (Å²) in [6, 6.07) is 1.24. The van der Waals surface area contributed by atoms with Gasteiger partial charge in [0, 0.05) is 32.5 Å². The van der Waals surface area contributed by atoms with Gasteiger partial charge >= 0.3 is 5.97 Å². The molecule has 0 radical (unpaired) electrons. The molecule has 8 nitrogen and oxygen atoms in total. The molecular weight excluding hydrogens is 300 g/mol. The molecular formula is C15H22N4O4. The molecule has 1 N–H and O–H groups in total. The first-order valence-electron chi connectivity index (χ1n) is 7.65. The third kappa shape index (κ3) is 4.08. The van der Waals surface area contributed by atoms with Gasteiger partial charge in [0.2, 0.25) is 11.8 Å². The number of amides is 2. The highest BCUT2D eigenvalue weighted by atomic mass is 16.4. The molecule has 0 spiro atoms. The van der Waals surface area contributed by atoms with Gasteiger partial charge in [0.1, 0.15) is 6.04 Å². The van der Waals surface area contributed by atoms with Crippen molar-refractivity contribution in [3.63, 3.8) is 0 Å². The summed E-state index contributed by atoms with van der Waals surface area (Å²) in [5, 5.41) is 13.1. The third-order valence-corrected chi connectivity index (χ3v) is 4.15. The zero-order chi connectivity index (χ0) is 17.0. The Labute approximate surface area is 134 Å². The van der Waals surface area contributed by atoms with Crippen molar-refractivity contribution in [3.05, 3.63) is 18.5 Å². The van der Waals surface area contributed by atoms with E-state index in [0.717, 1.165) is 0 Å². The molecule has 0 saturated carbocycles. The van der Waals surface area contributed by atoms with Crippen LogP contribution in [-0.4, -0.2) is 69.2 Å². The van der Waals surface area contributed by atoms with Crippen LogP contribution in [0, 0.1) is 5.92 Å². The second kappa shape index (κ2) is 7.26. The third-order valence-electron chi connectivity index (χ3n) is 4.15. The van der Waals surface area contributed by atoms with Crippen LogP contribution >= 0.6 is 0 Å². The van der Waals surface area contributed by atoms with Crippen molar-refractivity contribution in [2.24, 2.45) is 5.92 Å². The van der Waals surface area contributed by atoms with E-state index in [4.69, 9.17) is 5.11 Å². The van der Waals surface area contributed by atoms with Crippen molar-refractivity contribution in [2.75, 3.05) is 26.7 Å². The number of hydrogen-bond donors (Lipinski definition) is 1. The minimum absolute atomic E-state index is 0.0587. The quantitative estimate of drug-likeness (QED) is 0.837. The van der Waals surface area contributed by atoms with E-state index in [-0.39, 0.29) is 24.9 Å². The maximum Gasteiger partial charge on any atom is 0.308 e. The highest BCUT2D eigenvalue weighted by Gasteiger charge is 2.29. The molecule has 0 bridgehead atoms. The smallest absolute Gasteiger partial charge is 0.308 e. The Hall–Kier alpha value is -2.38. The van der Waals surface area contributed by atoms with Gasteiger partial charge in [-0.05, 0) is 25.8 Å². The Kier molecular flexibility index (Phi) is 5.36. The molecule has 1 aromatic heterocycles. The summed E-state index contributed by atoms with van der Waals surface area (Å²) >= 11 is 0. The van der Waals surface area contributed by atoms with Crippen LogP contribution in [0.1, 0.15) is 25.8 Å². The van der Waals surface area contributed by atoms with Gasteiger partial charge in [-0.3, -0.25) is 19.1 Å². The largest absolute Gasteiger partial charge is 0.481 e. The van der Waals surface area contributed by atoms with E-state index in [1.165, 1.54) is 14.5 Å². The van der Waals surface area contributed by atoms with E-state index in [9.17, 15) is 14.4 Å². The molecule has 1 fully saturated rings. The molecule has 0 aromatic carbocycles. The van der Waals surface area contributed by atoms with Crippen LogP contribution in [0.25, 0.3) is 0 Å². The zero-order valence-electron chi connectivity index (χ0n) is 13.4. The van der Waals surface area contributed by atoms with Gasteiger partial charge in [0.15, 0.2) is 0 Å². The van der Waals surface area contributed by atoms with Crippen molar-refractivity contribution >= 4 is 17.8 Å². The minimum Gasteiger partial charge on any atom is -0.481 e. The number of likely N-dealkylation sites (tertiary alicyclic amines) is 1. The molecule has 1 aliphatic heterocycles. The number of carbonyl (C=O) groups excluding carboxylic acids is 2. The number of hydrogen-bond acceptors (Lipinski definition) is 4. The molecule has 1 aliphatic rings. The van der Waals surface area contributed by atoms with Crippen LogP contribution in [0.15, 0.2) is 18.5 Å². The Morgan fingerprint density at radius 3 is 2.78 bits per heavy atom. The Morgan fingerprint density at radius 1 is 1.43 bits per heavy atom. The standard InChI is InChI=1S/C15H22N4O4/c1-11(19-8-4-6-16-19)14(21)17(2)10-13(20)18-7-3-5-12(9-18)15(22)23/h4,6,8,11-12H,3,5,7,9-10H2,1-2H3,(H,22,23). The lowest BCUT2D eigenvalue weighted by molar-refractivity contribution is -0.147. The van der Waals surface area contributed by atoms with Crippen molar-refractivity contribution in [1.29, 1.82) is 0 Å². The first-order valence-corrected chi connectivity index (χ1v) is 7.65. The molecule has 2 rings (SSSR count). The molecule has 0 aliphatic carbocycles. The predicted octanol–water partition coefficient (Wildman–Crippen LogP) is 0.226. The summed E-state index contributed by atoms with van der Waals surface area (Å²) in [7, 11) is 1.57. The van der Waals surface area contributed by atoms with Crippen molar-refractivity contribution in [1.82, 2.24) is 19.6 Å². The molecule has 1 saturated heterocycles. The SMILES string of the molecule is CC(C(=O)N(C)CC(=O)N1CCCC(C(=O)O)C1)n1cccn1. The van der Waals surface area contributed by atoms with Gasteiger partial charge in [0.05, 0.1) is 12.5 Å². The number of carbonyl (C=O) groups is 3. The van der Waals surface area contributed by atoms with E-state index in [1.54, 1.807) is 32.4 Å². The molecule has 2 atom stereocenters. The number of aliphatic carboxylic acids is 1. The minimum atomic E-state index is -0.876. The number of aromatic nitrogens is 2. The molecule has 1 aromatic rings. The normalized spacial score (nSPS) is 19.2. The van der Waals surface area contributed by atoms with E-state index < -0.39 is 17.9 Å². The number of likely N-dealkylation sites (N-methyl/N-ethyl adjacent to an activating group) is 1. The molecule has 8 heteroatoms. The van der Waals surface area contributed by atoms with Crippen LogP contribution in [0.2, 0.25) is 0 Å². The van der Waals surface area contributed by atoms with E-state index in [2.05, 4.69) is 5.10 Å². The summed E-state index contributed by atoms with van der Waals surface area (Å²) in [6.45, 7) is 2.42. The lowest BCUT2D eigenvalue weighted by Crippen LogP contribution is -2.47. The molecule has 2 unspecified atom stereocenters. The van der Waals surface area contributed by atoms with Crippen molar-refractivity contribution < 1.29 is 19.5 Å². The van der Waals surface area contributed by atoms with Crippen molar-refractivity contribution in [3.8, 4) is 0 Å². The number of nitrogens with zero attached hydrogens (tertiary/aromatic N) is 4. The molecule has 23 heavy (non-hydrogen) atoms. The second-order valence-electron chi connectivity index (χ2n) is 5.87. The van der Waals surface area contributed by atoms with Crippen LogP contribution in [0.4, 0.5) is 0 Å². The van der Waals surface area contributed by atoms with E-state index in [0.29, 0.717) is 19.4 Å². The van der Waals surface area contributed by atoms with Gasteiger partial charge in [0.25, 0.3) is 0 Å². The van der Waals surface area contributed by atoms with E-state index in [1.807, 2.05) is 0 Å². The van der Waals surface area contributed by atoms with Gasteiger partial charge < -0.3 is 14.9 Å². The summed E-state index contributed by atoms with van der Waals surface area (Å²) < 4.78 is 1.53. The van der Waals surface area contributed by atoms with Crippen LogP contribution in [0.3, 0.4) is 0 Å². The van der Waals surface area contributed by atoms with E-state index >= 15 is 0 Å². The number of rotatable bonds is 5. The fraction of sp³-hybridized carbons (Fsp3) is 0.600. The fourth-order valence-electron chi connectivity index (χ4n) is 2.73. The van der Waals surface area contributed by atoms with Gasteiger partial charge in [-0.1, -0.05) is 0 Å². The fourth-order valence-corrected chi connectivity index (χ4v) is 2.73. The number of carboxylic acid groups (broad SMARTS) is 1. The first-order chi connectivity index (χ1) is 10.9. The lowest BCUT2D eigenvalue weighted by atomic mass is 9.98. The lowest BCUT2D eigenvalue weighted by Gasteiger charge is -2.32. The van der Waals surface area contributed by atoms with Crippen LogP contribution in [-0.2, 0) is 14.4 Å². The molecule has 126 valence electrons. The topological polar surface area (TPSA) is 95.7 Å². The van der Waals surface area contributed by atoms with Gasteiger partial charge in [-0.25, -0.2) is 0 Å². The highest BCUT2D eigenvalue weighted by molar-refractivity contribution is 5.86. The average Bonchev–Trinajstić information content (AvgIpc) is 3.07. The average molecular weight is 322 g/mol. The summed E-state index contributed by atoms with van der Waals surface area (Å²) in [5.41, 5.74) is 0.